The van der Waals surface area contributed by atoms with Crippen LogP contribution < -0.4 is 0 Å². The van der Waals surface area contributed by atoms with Crippen molar-refractivity contribution in [2.75, 3.05) is 13.1 Å². The second kappa shape index (κ2) is 5.04. The van der Waals surface area contributed by atoms with Crippen LogP contribution in [-0.2, 0) is 9.59 Å². The van der Waals surface area contributed by atoms with Crippen LogP contribution >= 0.6 is 0 Å². The zero-order valence-corrected chi connectivity index (χ0v) is 9.84. The number of carboxylic acids is 1. The maximum absolute atomic E-state index is 12.2. The van der Waals surface area contributed by atoms with E-state index >= 15 is 0 Å². The van der Waals surface area contributed by atoms with Crippen LogP contribution in [0, 0.1) is 11.8 Å². The number of nitrogens with zero attached hydrogens (tertiary/aromatic N) is 1. The Bertz CT molecular complexity index is 318. The molecule has 1 saturated carbocycles. The van der Waals surface area contributed by atoms with E-state index in [1.54, 1.807) is 4.90 Å². The van der Waals surface area contributed by atoms with E-state index < -0.39 is 18.0 Å². The highest BCUT2D eigenvalue weighted by atomic mass is 16.4. The Balaban J connectivity index is 2.01. The van der Waals surface area contributed by atoms with E-state index in [9.17, 15) is 14.7 Å². The summed E-state index contributed by atoms with van der Waals surface area (Å²) in [7, 11) is 0. The molecule has 5 heteroatoms. The third-order valence-corrected chi connectivity index (χ3v) is 3.86. The van der Waals surface area contributed by atoms with Gasteiger partial charge in [0.2, 0.25) is 5.91 Å². The number of likely N-dealkylation sites (tertiary alicyclic amines) is 1. The zero-order valence-electron chi connectivity index (χ0n) is 9.84. The second-order valence-corrected chi connectivity index (χ2v) is 5.06. The van der Waals surface area contributed by atoms with Crippen LogP contribution in [0.2, 0.25) is 0 Å². The van der Waals surface area contributed by atoms with Crippen molar-refractivity contribution in [1.29, 1.82) is 0 Å². The number of hydrogen-bond donors (Lipinski definition) is 2. The van der Waals surface area contributed by atoms with Gasteiger partial charge in [0.25, 0.3) is 0 Å². The highest BCUT2D eigenvalue weighted by Gasteiger charge is 2.40. The van der Waals surface area contributed by atoms with E-state index in [0.717, 1.165) is 19.3 Å². The van der Waals surface area contributed by atoms with Crippen molar-refractivity contribution < 1.29 is 19.8 Å². The van der Waals surface area contributed by atoms with Crippen molar-refractivity contribution >= 4 is 11.9 Å². The molecule has 0 aromatic heterocycles. The molecule has 96 valence electrons. The predicted molar refractivity (Wildman–Crippen MR) is 60.3 cm³/mol. The normalized spacial score (nSPS) is 33.7. The maximum atomic E-state index is 12.2. The molecule has 2 rings (SSSR count). The molecule has 2 fully saturated rings. The number of hydrogen-bond acceptors (Lipinski definition) is 3. The van der Waals surface area contributed by atoms with Crippen LogP contribution in [0.25, 0.3) is 0 Å². The first kappa shape index (κ1) is 12.4. The van der Waals surface area contributed by atoms with Gasteiger partial charge in [-0.3, -0.25) is 9.59 Å². The molecular formula is C12H19NO4. The lowest BCUT2D eigenvalue weighted by Gasteiger charge is -2.32. The number of aliphatic hydroxyl groups is 1. The van der Waals surface area contributed by atoms with E-state index in [1.807, 2.05) is 0 Å². The zero-order chi connectivity index (χ0) is 12.4. The van der Waals surface area contributed by atoms with Gasteiger partial charge in [-0.1, -0.05) is 6.42 Å². The highest BCUT2D eigenvalue weighted by Crippen LogP contribution is 2.33. The summed E-state index contributed by atoms with van der Waals surface area (Å²) >= 11 is 0. The molecule has 1 aliphatic carbocycles. The first-order chi connectivity index (χ1) is 8.09. The Labute approximate surface area is 100 Å². The molecule has 2 unspecified atom stereocenters. The summed E-state index contributed by atoms with van der Waals surface area (Å²) in [6.45, 7) is 1.01. The van der Waals surface area contributed by atoms with Crippen molar-refractivity contribution in [3.63, 3.8) is 0 Å². The van der Waals surface area contributed by atoms with Crippen LogP contribution in [0.1, 0.15) is 32.1 Å². The fourth-order valence-corrected chi connectivity index (χ4v) is 2.94. The lowest BCUT2D eigenvalue weighted by Crippen LogP contribution is -2.46. The molecule has 0 bridgehead atoms. The van der Waals surface area contributed by atoms with E-state index in [0.29, 0.717) is 25.9 Å². The van der Waals surface area contributed by atoms with E-state index in [2.05, 4.69) is 0 Å². The van der Waals surface area contributed by atoms with Gasteiger partial charge in [0.05, 0.1) is 17.9 Å². The fraction of sp³-hybridized carbons (Fsp3) is 0.833. The summed E-state index contributed by atoms with van der Waals surface area (Å²) in [6, 6.07) is 0. The number of aliphatic hydroxyl groups excluding tert-OH is 1. The molecule has 1 heterocycles. The quantitative estimate of drug-likeness (QED) is 0.736. The smallest absolute Gasteiger partial charge is 0.307 e. The minimum Gasteiger partial charge on any atom is -0.481 e. The molecular weight excluding hydrogens is 222 g/mol. The van der Waals surface area contributed by atoms with Gasteiger partial charge in [-0.15, -0.1) is 0 Å². The van der Waals surface area contributed by atoms with Crippen LogP contribution in [0.4, 0.5) is 0 Å². The first-order valence-corrected chi connectivity index (χ1v) is 6.29. The molecule has 5 nitrogen and oxygen atoms in total. The number of carbonyl (C=O) groups is 2. The summed E-state index contributed by atoms with van der Waals surface area (Å²) in [5.41, 5.74) is 0. The van der Waals surface area contributed by atoms with E-state index in [4.69, 9.17) is 5.11 Å². The van der Waals surface area contributed by atoms with Crippen molar-refractivity contribution in [1.82, 2.24) is 4.90 Å². The molecule has 3 atom stereocenters. The van der Waals surface area contributed by atoms with Gasteiger partial charge < -0.3 is 15.1 Å². The average Bonchev–Trinajstić information content (AvgIpc) is 2.77. The summed E-state index contributed by atoms with van der Waals surface area (Å²) in [4.78, 5) is 24.9. The topological polar surface area (TPSA) is 77.8 Å². The van der Waals surface area contributed by atoms with Gasteiger partial charge in [0.15, 0.2) is 0 Å². The summed E-state index contributed by atoms with van der Waals surface area (Å²) in [5, 5.41) is 18.6. The number of piperidine rings is 1. The minimum absolute atomic E-state index is 0.0753. The second-order valence-electron chi connectivity index (χ2n) is 5.06. The van der Waals surface area contributed by atoms with Gasteiger partial charge in [0, 0.05) is 13.1 Å². The predicted octanol–water partition coefficient (Wildman–Crippen LogP) is 0.471. The molecule has 0 spiro atoms. The lowest BCUT2D eigenvalue weighted by atomic mass is 9.93. The number of aliphatic carboxylic acids is 1. The molecule has 2 aliphatic rings. The molecule has 1 aliphatic heterocycles. The van der Waals surface area contributed by atoms with Crippen molar-refractivity contribution in [3.8, 4) is 0 Å². The van der Waals surface area contributed by atoms with Gasteiger partial charge in [-0.25, -0.2) is 0 Å². The van der Waals surface area contributed by atoms with Crippen LogP contribution in [0.3, 0.4) is 0 Å². The van der Waals surface area contributed by atoms with Crippen LogP contribution in [-0.4, -0.2) is 46.2 Å². The summed E-state index contributed by atoms with van der Waals surface area (Å²) in [5.74, 6) is -1.84. The van der Waals surface area contributed by atoms with Crippen LogP contribution in [0.15, 0.2) is 0 Å². The molecule has 17 heavy (non-hydrogen) atoms. The molecule has 0 aromatic carbocycles. The maximum Gasteiger partial charge on any atom is 0.307 e. The van der Waals surface area contributed by atoms with Crippen LogP contribution in [0.5, 0.6) is 0 Å². The Hall–Kier alpha value is -1.10. The Morgan fingerprint density at radius 2 is 1.76 bits per heavy atom. The molecule has 0 aromatic rings. The number of β-amino-alcohol motifs (C(OH)–C–C–N with tert-alkyl or cyclic N) is 1. The SMILES string of the molecule is O=C(O)C1CCCC1C(=O)N1CCC[C@H](O)C1. The third kappa shape index (κ3) is 2.60. The van der Waals surface area contributed by atoms with E-state index in [-0.39, 0.29) is 11.8 Å². The summed E-state index contributed by atoms with van der Waals surface area (Å²) in [6.07, 6.45) is 3.17. The van der Waals surface area contributed by atoms with Crippen molar-refractivity contribution in [3.05, 3.63) is 0 Å². The Morgan fingerprint density at radius 3 is 2.41 bits per heavy atom. The number of carbonyl (C=O) groups excluding carboxylic acids is 1. The van der Waals surface area contributed by atoms with E-state index in [1.165, 1.54) is 0 Å². The Kier molecular flexibility index (Phi) is 3.66. The molecule has 0 radical (unpaired) electrons. The summed E-state index contributed by atoms with van der Waals surface area (Å²) < 4.78 is 0. The van der Waals surface area contributed by atoms with Crippen molar-refractivity contribution in [2.24, 2.45) is 11.8 Å². The first-order valence-electron chi connectivity index (χ1n) is 6.29. The van der Waals surface area contributed by atoms with Gasteiger partial charge in [0.1, 0.15) is 0 Å². The molecule has 1 amide bonds. The van der Waals surface area contributed by atoms with Gasteiger partial charge in [-0.05, 0) is 25.7 Å². The largest absolute Gasteiger partial charge is 0.481 e. The molecule has 1 saturated heterocycles. The monoisotopic (exact) mass is 241 g/mol. The van der Waals surface area contributed by atoms with Gasteiger partial charge in [-0.2, -0.15) is 0 Å². The Morgan fingerprint density at radius 1 is 1.06 bits per heavy atom. The van der Waals surface area contributed by atoms with Gasteiger partial charge >= 0.3 is 5.97 Å². The standard InChI is InChI=1S/C12H19NO4/c14-8-3-2-6-13(7-8)11(15)9-4-1-5-10(9)12(16)17/h8-10,14H,1-7H2,(H,16,17)/t8-,9?,10?/m0/s1. The lowest BCUT2D eigenvalue weighted by molar-refractivity contribution is -0.150. The number of carboxylic acid groups (broad SMARTS) is 1. The third-order valence-electron chi connectivity index (χ3n) is 3.86. The highest BCUT2D eigenvalue weighted by molar-refractivity contribution is 5.85. The minimum atomic E-state index is -0.863. The number of amides is 1. The molecule has 2 N–H and O–H groups in total. The average molecular weight is 241 g/mol. The fourth-order valence-electron chi connectivity index (χ4n) is 2.94. The van der Waals surface area contributed by atoms with Crippen molar-refractivity contribution in [2.45, 2.75) is 38.2 Å². The number of rotatable bonds is 2.